The highest BCUT2D eigenvalue weighted by atomic mass is 127. The Hall–Kier alpha value is 0.0300. The van der Waals surface area contributed by atoms with E-state index in [0.29, 0.717) is 5.37 Å². The van der Waals surface area contributed by atoms with E-state index in [0.717, 1.165) is 16.6 Å². The van der Waals surface area contributed by atoms with Crippen molar-refractivity contribution in [2.24, 2.45) is 0 Å². The number of hydrogen-bond donors (Lipinski definition) is 0. The second kappa shape index (κ2) is 4.04. The first-order valence-corrected chi connectivity index (χ1v) is 6.74. The van der Waals surface area contributed by atoms with Gasteiger partial charge < -0.3 is 4.90 Å². The summed E-state index contributed by atoms with van der Waals surface area (Å²) in [6.45, 7) is 0. The highest BCUT2D eigenvalue weighted by Crippen LogP contribution is 2.35. The number of fused-ring (bicyclic) bond motifs is 1. The molecule has 0 spiro atoms. The van der Waals surface area contributed by atoms with Crippen LogP contribution in [0.15, 0.2) is 23.9 Å². The average molecular weight is 307 g/mol. The summed E-state index contributed by atoms with van der Waals surface area (Å²) in [4.78, 5) is 13.0. The van der Waals surface area contributed by atoms with E-state index in [2.05, 4.69) is 34.7 Å². The van der Waals surface area contributed by atoms with Crippen molar-refractivity contribution in [2.45, 2.75) is 11.8 Å². The smallest absolute Gasteiger partial charge is 0.230 e. The number of allylic oxidation sites excluding steroid dienone is 2. The lowest BCUT2D eigenvalue weighted by atomic mass is 10.2. The van der Waals surface area contributed by atoms with Crippen LogP contribution in [-0.2, 0) is 4.79 Å². The van der Waals surface area contributed by atoms with E-state index in [1.165, 1.54) is 5.57 Å². The van der Waals surface area contributed by atoms with Crippen LogP contribution in [0.25, 0.3) is 0 Å². The molecule has 0 saturated carbocycles. The van der Waals surface area contributed by atoms with Crippen molar-refractivity contribution in [3.8, 4) is 0 Å². The Morgan fingerprint density at radius 1 is 1.77 bits per heavy atom. The number of hydrogen-bond acceptors (Lipinski definition) is 2. The minimum absolute atomic E-state index is 0.262. The number of β-lactam (4-membered cyclic amide) rings is 1. The predicted octanol–water partition coefficient (Wildman–Crippen LogP) is 2.17. The quantitative estimate of drug-likeness (QED) is 0.443. The second-order valence-corrected chi connectivity index (χ2v) is 5.08. The van der Waals surface area contributed by atoms with Crippen LogP contribution in [0.5, 0.6) is 0 Å². The van der Waals surface area contributed by atoms with E-state index in [9.17, 15) is 4.79 Å². The number of nitrogens with zero attached hydrogens (tertiary/aromatic N) is 1. The molecule has 0 unspecified atom stereocenters. The summed E-state index contributed by atoms with van der Waals surface area (Å²) in [5.74, 6) is 1.30. The molecule has 1 amide bonds. The van der Waals surface area contributed by atoms with E-state index in [-0.39, 0.29) is 5.91 Å². The molecule has 1 fully saturated rings. The molecule has 2 nitrogen and oxygen atoms in total. The molecule has 0 aromatic carbocycles. The third-order valence-electron chi connectivity index (χ3n) is 2.12. The minimum atomic E-state index is 0.262. The number of carbonyl (C=O) groups excluding carboxylic acids is 1. The van der Waals surface area contributed by atoms with Crippen LogP contribution in [0, 0.1) is 0 Å². The van der Waals surface area contributed by atoms with Crippen LogP contribution in [0.3, 0.4) is 0 Å². The normalized spacial score (nSPS) is 27.2. The van der Waals surface area contributed by atoms with E-state index in [4.69, 9.17) is 0 Å². The largest absolute Gasteiger partial charge is 0.306 e. The number of rotatable bonds is 2. The number of amides is 1. The molecule has 2 heterocycles. The number of carbonyl (C=O) groups is 1. The fourth-order valence-corrected chi connectivity index (χ4v) is 2.80. The minimum Gasteiger partial charge on any atom is -0.306 e. The summed E-state index contributed by atoms with van der Waals surface area (Å²) in [5, 5.41) is 0.434. The Bertz CT molecular complexity index is 287. The summed E-state index contributed by atoms with van der Waals surface area (Å²) in [5.41, 5.74) is 1.26. The molecule has 0 bridgehead atoms. The van der Waals surface area contributed by atoms with Gasteiger partial charge in [-0.2, -0.15) is 0 Å². The monoisotopic (exact) mass is 307 g/mol. The SMILES string of the molecule is O=C1C[C@H]2SCC(/C=C/CI)=CN12. The van der Waals surface area contributed by atoms with Gasteiger partial charge in [-0.3, -0.25) is 4.79 Å². The molecule has 0 aromatic rings. The van der Waals surface area contributed by atoms with E-state index >= 15 is 0 Å². The van der Waals surface area contributed by atoms with E-state index in [1.807, 2.05) is 22.9 Å². The Balaban J connectivity index is 2.05. The fraction of sp³-hybridized carbons (Fsp3) is 0.444. The lowest BCUT2D eigenvalue weighted by molar-refractivity contribution is -0.137. The van der Waals surface area contributed by atoms with Gasteiger partial charge >= 0.3 is 0 Å². The first-order valence-electron chi connectivity index (χ1n) is 4.17. The van der Waals surface area contributed by atoms with Crippen molar-refractivity contribution in [1.82, 2.24) is 4.90 Å². The van der Waals surface area contributed by atoms with Crippen molar-refractivity contribution in [3.05, 3.63) is 23.9 Å². The maximum absolute atomic E-state index is 11.1. The maximum Gasteiger partial charge on any atom is 0.230 e. The van der Waals surface area contributed by atoms with Crippen molar-refractivity contribution >= 4 is 40.3 Å². The summed E-state index contributed by atoms with van der Waals surface area (Å²) in [6.07, 6.45) is 6.96. The Morgan fingerprint density at radius 3 is 3.31 bits per heavy atom. The van der Waals surface area contributed by atoms with Gasteiger partial charge in [-0.25, -0.2) is 0 Å². The van der Waals surface area contributed by atoms with Crippen molar-refractivity contribution < 1.29 is 4.79 Å². The first kappa shape index (κ1) is 9.58. The van der Waals surface area contributed by atoms with Gasteiger partial charge in [0.1, 0.15) is 0 Å². The third kappa shape index (κ3) is 1.93. The summed E-state index contributed by atoms with van der Waals surface area (Å²) in [7, 11) is 0. The summed E-state index contributed by atoms with van der Waals surface area (Å²) in [6, 6.07) is 0. The molecule has 70 valence electrons. The van der Waals surface area contributed by atoms with Gasteiger partial charge in [0.25, 0.3) is 0 Å². The van der Waals surface area contributed by atoms with E-state index < -0.39 is 0 Å². The predicted molar refractivity (Wildman–Crippen MR) is 63.8 cm³/mol. The zero-order chi connectivity index (χ0) is 9.26. The maximum atomic E-state index is 11.1. The average Bonchev–Trinajstić information content (AvgIpc) is 2.14. The zero-order valence-corrected chi connectivity index (χ0v) is 10.0. The van der Waals surface area contributed by atoms with Crippen molar-refractivity contribution in [2.75, 3.05) is 10.2 Å². The summed E-state index contributed by atoms with van der Waals surface area (Å²) < 4.78 is 1.02. The molecule has 0 N–H and O–H groups in total. The topological polar surface area (TPSA) is 20.3 Å². The number of thioether (sulfide) groups is 1. The zero-order valence-electron chi connectivity index (χ0n) is 7.07. The molecule has 0 radical (unpaired) electrons. The Labute approximate surface area is 95.6 Å². The lowest BCUT2D eigenvalue weighted by Gasteiger charge is -2.40. The number of alkyl halides is 1. The highest BCUT2D eigenvalue weighted by Gasteiger charge is 2.37. The molecule has 1 atom stereocenters. The van der Waals surface area contributed by atoms with Gasteiger partial charge in [-0.15, -0.1) is 11.8 Å². The van der Waals surface area contributed by atoms with Gasteiger partial charge in [0, 0.05) is 16.4 Å². The molecule has 13 heavy (non-hydrogen) atoms. The third-order valence-corrected chi connectivity index (χ3v) is 3.90. The van der Waals surface area contributed by atoms with Gasteiger partial charge in [-0.05, 0) is 5.57 Å². The Kier molecular flexibility index (Phi) is 2.98. The molecule has 4 heteroatoms. The Morgan fingerprint density at radius 2 is 2.62 bits per heavy atom. The molecule has 2 aliphatic rings. The van der Waals surface area contributed by atoms with Gasteiger partial charge in [0.05, 0.1) is 11.8 Å². The van der Waals surface area contributed by atoms with Crippen LogP contribution in [0.4, 0.5) is 0 Å². The molecular weight excluding hydrogens is 297 g/mol. The second-order valence-electron chi connectivity index (χ2n) is 3.03. The standard InChI is InChI=1S/C9H10INOS/c10-3-1-2-7-5-11-8(12)4-9(11)13-6-7/h1-2,5,9H,3-4,6H2/b2-1+/t9-/m1/s1. The van der Waals surface area contributed by atoms with Crippen molar-refractivity contribution in [3.63, 3.8) is 0 Å². The van der Waals surface area contributed by atoms with Crippen LogP contribution in [0.1, 0.15) is 6.42 Å². The van der Waals surface area contributed by atoms with Gasteiger partial charge in [0.2, 0.25) is 5.91 Å². The fourth-order valence-electron chi connectivity index (χ4n) is 1.39. The van der Waals surface area contributed by atoms with Crippen LogP contribution in [0.2, 0.25) is 0 Å². The van der Waals surface area contributed by atoms with Crippen LogP contribution in [-0.4, -0.2) is 26.4 Å². The highest BCUT2D eigenvalue weighted by molar-refractivity contribution is 14.1. The lowest BCUT2D eigenvalue weighted by Crippen LogP contribution is -2.48. The van der Waals surface area contributed by atoms with Gasteiger partial charge in [0.15, 0.2) is 0 Å². The van der Waals surface area contributed by atoms with Crippen molar-refractivity contribution in [1.29, 1.82) is 0 Å². The van der Waals surface area contributed by atoms with Gasteiger partial charge in [-0.1, -0.05) is 34.7 Å². The molecule has 2 rings (SSSR count). The number of halogens is 1. The molecule has 0 aliphatic carbocycles. The van der Waals surface area contributed by atoms with Crippen LogP contribution >= 0.6 is 34.4 Å². The molecular formula is C9H10INOS. The van der Waals surface area contributed by atoms with E-state index in [1.54, 1.807) is 0 Å². The molecule has 0 aromatic heterocycles. The van der Waals surface area contributed by atoms with Crippen LogP contribution < -0.4 is 0 Å². The molecule has 2 aliphatic heterocycles. The molecule has 1 saturated heterocycles. The summed E-state index contributed by atoms with van der Waals surface area (Å²) >= 11 is 4.17. The first-order chi connectivity index (χ1) is 6.31.